The van der Waals surface area contributed by atoms with Crippen molar-refractivity contribution >= 4 is 17.8 Å². The summed E-state index contributed by atoms with van der Waals surface area (Å²) in [5.74, 6) is -0.631. The normalized spacial score (nSPS) is 19.9. The Morgan fingerprint density at radius 2 is 2.12 bits per heavy atom. The van der Waals surface area contributed by atoms with E-state index in [0.717, 1.165) is 12.8 Å². The second-order valence-electron chi connectivity index (χ2n) is 6.75. The highest BCUT2D eigenvalue weighted by Crippen LogP contribution is 2.20. The average Bonchev–Trinajstić information content (AvgIpc) is 3.10. The van der Waals surface area contributed by atoms with Gasteiger partial charge in [-0.2, -0.15) is 5.26 Å². The minimum atomic E-state index is -0.742. The summed E-state index contributed by atoms with van der Waals surface area (Å²) >= 11 is 0. The van der Waals surface area contributed by atoms with Crippen molar-refractivity contribution in [3.05, 3.63) is 0 Å². The van der Waals surface area contributed by atoms with Crippen LogP contribution in [0.1, 0.15) is 46.0 Å². The van der Waals surface area contributed by atoms with Crippen LogP contribution in [-0.4, -0.2) is 53.9 Å². The summed E-state index contributed by atoms with van der Waals surface area (Å²) < 4.78 is 0. The molecule has 1 aliphatic rings. The molecule has 1 heterocycles. The molecule has 1 fully saturated rings. The van der Waals surface area contributed by atoms with Crippen LogP contribution in [0.2, 0.25) is 0 Å². The van der Waals surface area contributed by atoms with Gasteiger partial charge in [-0.1, -0.05) is 20.3 Å². The minimum Gasteiger partial charge on any atom is -0.370 e. The quantitative estimate of drug-likeness (QED) is 0.242. The van der Waals surface area contributed by atoms with E-state index in [4.69, 9.17) is 17.2 Å². The summed E-state index contributed by atoms with van der Waals surface area (Å²) in [5.41, 5.74) is 16.4. The Bertz CT molecular complexity index is 554. The molecule has 146 valence electrons. The van der Waals surface area contributed by atoms with Gasteiger partial charge in [-0.3, -0.25) is 14.6 Å². The number of amides is 2. The Kier molecular flexibility index (Phi) is 8.85. The summed E-state index contributed by atoms with van der Waals surface area (Å²) in [6, 6.07) is 0.326. The Hall–Kier alpha value is -2.34. The highest BCUT2D eigenvalue weighted by molar-refractivity contribution is 5.90. The second kappa shape index (κ2) is 10.6. The standard InChI is InChI=1S/C17H31N7O2/c1-3-11(2)14(16(26)24-9-5-6-12(24)10-18)23-15(25)13(19)7-4-8-22-17(20)21/h11-14H,3-9,19H2,1-2H3,(H,23,25)(H4,20,21,22)/t11?,12-,13?,14-/m0/s1. The molecule has 1 saturated heterocycles. The molecule has 1 aliphatic heterocycles. The van der Waals surface area contributed by atoms with E-state index in [1.165, 1.54) is 0 Å². The van der Waals surface area contributed by atoms with Crippen molar-refractivity contribution < 1.29 is 9.59 Å². The van der Waals surface area contributed by atoms with Crippen LogP contribution in [0.4, 0.5) is 0 Å². The maximum absolute atomic E-state index is 12.9. The third kappa shape index (κ3) is 6.19. The maximum Gasteiger partial charge on any atom is 0.246 e. The van der Waals surface area contributed by atoms with E-state index in [-0.39, 0.29) is 23.7 Å². The SMILES string of the molecule is CCC(C)[C@H](NC(=O)C(N)CCCN=C(N)N)C(=O)N1CCC[C@H]1C#N. The van der Waals surface area contributed by atoms with Crippen molar-refractivity contribution in [3.8, 4) is 6.07 Å². The van der Waals surface area contributed by atoms with Crippen LogP contribution in [-0.2, 0) is 9.59 Å². The molecule has 26 heavy (non-hydrogen) atoms. The summed E-state index contributed by atoms with van der Waals surface area (Å²) in [5, 5.41) is 12.0. The van der Waals surface area contributed by atoms with Crippen LogP contribution in [0, 0.1) is 17.2 Å². The third-order valence-corrected chi connectivity index (χ3v) is 4.77. The van der Waals surface area contributed by atoms with Crippen LogP contribution in [0.15, 0.2) is 4.99 Å². The summed E-state index contributed by atoms with van der Waals surface area (Å²) in [7, 11) is 0. The highest BCUT2D eigenvalue weighted by atomic mass is 16.2. The zero-order valence-corrected chi connectivity index (χ0v) is 15.6. The van der Waals surface area contributed by atoms with Gasteiger partial charge < -0.3 is 27.4 Å². The number of carbonyl (C=O) groups is 2. The molecular formula is C17H31N7O2. The monoisotopic (exact) mass is 365 g/mol. The summed E-state index contributed by atoms with van der Waals surface area (Å²) in [4.78, 5) is 30.7. The second-order valence-corrected chi connectivity index (χ2v) is 6.75. The van der Waals surface area contributed by atoms with E-state index < -0.39 is 18.1 Å². The Labute approximate surface area is 155 Å². The number of hydrogen-bond acceptors (Lipinski definition) is 5. The number of carbonyl (C=O) groups excluding carboxylic acids is 2. The lowest BCUT2D eigenvalue weighted by Crippen LogP contribution is -2.55. The lowest BCUT2D eigenvalue weighted by molar-refractivity contribution is -0.138. The number of likely N-dealkylation sites (tertiary alicyclic amines) is 1. The first-order valence-electron chi connectivity index (χ1n) is 9.13. The van der Waals surface area contributed by atoms with E-state index in [9.17, 15) is 14.9 Å². The lowest BCUT2D eigenvalue weighted by Gasteiger charge is -2.30. The van der Waals surface area contributed by atoms with Gasteiger partial charge in [0.2, 0.25) is 11.8 Å². The first kappa shape index (κ1) is 21.7. The summed E-state index contributed by atoms with van der Waals surface area (Å²) in [6.07, 6.45) is 3.18. The number of aliphatic imine (C=N–C) groups is 1. The van der Waals surface area contributed by atoms with Crippen LogP contribution in [0.3, 0.4) is 0 Å². The Balaban J connectivity index is 2.69. The van der Waals surface area contributed by atoms with Crippen LogP contribution < -0.4 is 22.5 Å². The van der Waals surface area contributed by atoms with Gasteiger partial charge in [0, 0.05) is 13.1 Å². The van der Waals surface area contributed by atoms with E-state index in [0.29, 0.717) is 32.4 Å². The topological polar surface area (TPSA) is 164 Å². The number of nitrogens with two attached hydrogens (primary N) is 3. The molecule has 0 spiro atoms. The summed E-state index contributed by atoms with van der Waals surface area (Å²) in [6.45, 7) is 4.81. The number of nitrogens with zero attached hydrogens (tertiary/aromatic N) is 3. The number of guanidine groups is 1. The van der Waals surface area contributed by atoms with Gasteiger partial charge in [-0.05, 0) is 31.6 Å². The molecule has 0 radical (unpaired) electrons. The van der Waals surface area contributed by atoms with Crippen LogP contribution in [0.25, 0.3) is 0 Å². The smallest absolute Gasteiger partial charge is 0.246 e. The van der Waals surface area contributed by atoms with Crippen molar-refractivity contribution in [2.75, 3.05) is 13.1 Å². The van der Waals surface area contributed by atoms with Gasteiger partial charge in [0.05, 0.1) is 12.1 Å². The number of nitriles is 1. The molecule has 2 amide bonds. The van der Waals surface area contributed by atoms with E-state index in [2.05, 4.69) is 16.4 Å². The maximum atomic E-state index is 12.9. The molecule has 0 aromatic rings. The first-order valence-corrected chi connectivity index (χ1v) is 9.13. The van der Waals surface area contributed by atoms with E-state index >= 15 is 0 Å². The van der Waals surface area contributed by atoms with Crippen molar-refractivity contribution in [2.24, 2.45) is 28.1 Å². The first-order chi connectivity index (χ1) is 12.3. The zero-order chi connectivity index (χ0) is 19.7. The molecule has 0 aliphatic carbocycles. The van der Waals surface area contributed by atoms with Crippen LogP contribution in [0.5, 0.6) is 0 Å². The molecule has 0 saturated carbocycles. The number of rotatable bonds is 9. The van der Waals surface area contributed by atoms with E-state index in [1.807, 2.05) is 13.8 Å². The van der Waals surface area contributed by atoms with Gasteiger partial charge in [0.1, 0.15) is 12.1 Å². The van der Waals surface area contributed by atoms with Gasteiger partial charge >= 0.3 is 0 Å². The molecule has 4 atom stereocenters. The fraction of sp³-hybridized carbons (Fsp3) is 0.765. The minimum absolute atomic E-state index is 0.00288. The average molecular weight is 365 g/mol. The fourth-order valence-corrected chi connectivity index (χ4v) is 2.94. The van der Waals surface area contributed by atoms with Crippen molar-refractivity contribution in [1.82, 2.24) is 10.2 Å². The molecule has 2 unspecified atom stereocenters. The molecule has 0 bridgehead atoms. The van der Waals surface area contributed by atoms with Gasteiger partial charge in [-0.15, -0.1) is 0 Å². The molecule has 1 rings (SSSR count). The predicted molar refractivity (Wildman–Crippen MR) is 99.6 cm³/mol. The van der Waals surface area contributed by atoms with Crippen molar-refractivity contribution in [1.29, 1.82) is 5.26 Å². The van der Waals surface area contributed by atoms with Crippen molar-refractivity contribution in [2.45, 2.75) is 64.1 Å². The zero-order valence-electron chi connectivity index (χ0n) is 15.6. The van der Waals surface area contributed by atoms with Gasteiger partial charge in [0.15, 0.2) is 5.96 Å². The molecule has 0 aromatic carbocycles. The van der Waals surface area contributed by atoms with Gasteiger partial charge in [0.25, 0.3) is 0 Å². The lowest BCUT2D eigenvalue weighted by atomic mass is 9.96. The molecular weight excluding hydrogens is 334 g/mol. The molecule has 9 heteroatoms. The molecule has 7 N–H and O–H groups in total. The highest BCUT2D eigenvalue weighted by Gasteiger charge is 2.36. The number of hydrogen-bond donors (Lipinski definition) is 4. The fourth-order valence-electron chi connectivity index (χ4n) is 2.94. The van der Waals surface area contributed by atoms with Gasteiger partial charge in [-0.25, -0.2) is 0 Å². The van der Waals surface area contributed by atoms with Crippen molar-refractivity contribution in [3.63, 3.8) is 0 Å². The van der Waals surface area contributed by atoms with Crippen LogP contribution >= 0.6 is 0 Å². The molecule has 0 aromatic heterocycles. The third-order valence-electron chi connectivity index (χ3n) is 4.77. The predicted octanol–water partition coefficient (Wildman–Crippen LogP) is -0.587. The Morgan fingerprint density at radius 3 is 2.69 bits per heavy atom. The molecule has 9 nitrogen and oxygen atoms in total. The largest absolute Gasteiger partial charge is 0.370 e. The Morgan fingerprint density at radius 1 is 1.42 bits per heavy atom. The number of nitrogens with one attached hydrogen (secondary N) is 1. The van der Waals surface area contributed by atoms with E-state index in [1.54, 1.807) is 4.90 Å².